The van der Waals surface area contributed by atoms with Gasteiger partial charge in [0.1, 0.15) is 17.2 Å². The highest BCUT2D eigenvalue weighted by molar-refractivity contribution is 6.35. The molecule has 2 aliphatic rings. The smallest absolute Gasteiger partial charge is 0.405 e. The van der Waals surface area contributed by atoms with Crippen LogP contribution in [0.4, 0.5) is 16.4 Å². The van der Waals surface area contributed by atoms with Crippen molar-refractivity contribution in [2.24, 2.45) is 0 Å². The average Bonchev–Trinajstić information content (AvgIpc) is 3.33. The van der Waals surface area contributed by atoms with Gasteiger partial charge in [0, 0.05) is 43.5 Å². The van der Waals surface area contributed by atoms with Crippen molar-refractivity contribution in [2.75, 3.05) is 36.0 Å². The molecule has 0 unspecified atom stereocenters. The van der Waals surface area contributed by atoms with E-state index in [0.29, 0.717) is 42.1 Å². The lowest BCUT2D eigenvalue weighted by molar-refractivity contribution is 0.173. The normalized spacial score (nSPS) is 18.0. The lowest BCUT2D eigenvalue weighted by Crippen LogP contribution is -2.53. The minimum Gasteiger partial charge on any atom is -0.465 e. The number of hydrogen-bond acceptors (Lipinski definition) is 7. The number of nitrogens with zero attached hydrogens (tertiary/aromatic N) is 6. The van der Waals surface area contributed by atoms with Crippen molar-refractivity contribution in [2.45, 2.75) is 38.1 Å². The molecule has 33 heavy (non-hydrogen) atoms. The van der Waals surface area contributed by atoms with Crippen LogP contribution in [0.1, 0.15) is 32.6 Å². The van der Waals surface area contributed by atoms with Crippen LogP contribution in [-0.2, 0) is 0 Å². The predicted molar refractivity (Wildman–Crippen MR) is 128 cm³/mol. The van der Waals surface area contributed by atoms with E-state index in [1.807, 2.05) is 25.1 Å². The SMILES string of the molecule is CC1(NC(=O)O)CCN(c2cnc3nc(-c4ccnc(N5CCCC5)c4Cl)ccc3n2)CC1. The van der Waals surface area contributed by atoms with Gasteiger partial charge in [0.2, 0.25) is 0 Å². The number of amides is 1. The van der Waals surface area contributed by atoms with Crippen LogP contribution >= 0.6 is 11.6 Å². The summed E-state index contributed by atoms with van der Waals surface area (Å²) < 4.78 is 0. The highest BCUT2D eigenvalue weighted by atomic mass is 35.5. The second-order valence-electron chi connectivity index (χ2n) is 8.94. The summed E-state index contributed by atoms with van der Waals surface area (Å²) in [5.74, 6) is 1.58. The van der Waals surface area contributed by atoms with E-state index in [-0.39, 0.29) is 0 Å². The number of halogens is 1. The molecule has 0 atom stereocenters. The second-order valence-corrected chi connectivity index (χ2v) is 9.31. The number of piperidine rings is 1. The van der Waals surface area contributed by atoms with Gasteiger partial charge in [-0.1, -0.05) is 11.6 Å². The van der Waals surface area contributed by atoms with Gasteiger partial charge >= 0.3 is 6.09 Å². The fraction of sp³-hybridized carbons (Fsp3) is 0.435. The van der Waals surface area contributed by atoms with Gasteiger partial charge in [0.25, 0.3) is 0 Å². The largest absolute Gasteiger partial charge is 0.465 e. The molecule has 0 saturated carbocycles. The van der Waals surface area contributed by atoms with Gasteiger partial charge < -0.3 is 20.2 Å². The molecule has 5 rings (SSSR count). The molecule has 0 spiro atoms. The molecule has 0 aliphatic carbocycles. The molecule has 0 radical (unpaired) electrons. The molecule has 2 saturated heterocycles. The van der Waals surface area contributed by atoms with Crippen LogP contribution < -0.4 is 15.1 Å². The highest BCUT2D eigenvalue weighted by Gasteiger charge is 2.32. The summed E-state index contributed by atoms with van der Waals surface area (Å²) in [4.78, 5) is 33.9. The summed E-state index contributed by atoms with van der Waals surface area (Å²) in [6, 6.07) is 5.72. The Morgan fingerprint density at radius 2 is 1.82 bits per heavy atom. The van der Waals surface area contributed by atoms with E-state index < -0.39 is 11.6 Å². The third kappa shape index (κ3) is 4.37. The average molecular weight is 468 g/mol. The molecule has 2 aliphatic heterocycles. The fourth-order valence-corrected chi connectivity index (χ4v) is 4.92. The van der Waals surface area contributed by atoms with E-state index in [2.05, 4.69) is 25.1 Å². The molecule has 9 nitrogen and oxygen atoms in total. The van der Waals surface area contributed by atoms with Gasteiger partial charge in [-0.3, -0.25) is 0 Å². The van der Waals surface area contributed by atoms with E-state index in [4.69, 9.17) is 26.7 Å². The first-order valence-corrected chi connectivity index (χ1v) is 11.6. The van der Waals surface area contributed by atoms with Crippen LogP contribution in [0.3, 0.4) is 0 Å². The Kier molecular flexibility index (Phi) is 5.65. The molecule has 10 heteroatoms. The number of fused-ring (bicyclic) bond motifs is 1. The summed E-state index contributed by atoms with van der Waals surface area (Å²) >= 11 is 6.73. The minimum atomic E-state index is -0.986. The van der Waals surface area contributed by atoms with E-state index in [9.17, 15) is 4.79 Å². The van der Waals surface area contributed by atoms with Crippen molar-refractivity contribution in [3.63, 3.8) is 0 Å². The predicted octanol–water partition coefficient (Wildman–Crippen LogP) is 3.97. The van der Waals surface area contributed by atoms with Crippen LogP contribution in [0.15, 0.2) is 30.6 Å². The van der Waals surface area contributed by atoms with Gasteiger partial charge in [-0.25, -0.2) is 24.7 Å². The summed E-state index contributed by atoms with van der Waals surface area (Å²) in [5.41, 5.74) is 2.42. The molecule has 3 aromatic heterocycles. The van der Waals surface area contributed by atoms with Crippen molar-refractivity contribution in [3.05, 3.63) is 35.6 Å². The standard InChI is InChI=1S/C23H26ClN7O2/c1-23(29-22(32)33)7-12-30(13-8-23)18-14-26-20-17(27-18)5-4-16(28-20)15-6-9-25-21(19(15)24)31-10-2-3-11-31/h4-6,9,14,29H,2-3,7-8,10-13H2,1H3,(H,32,33). The molecular weight excluding hydrogens is 442 g/mol. The number of rotatable bonds is 4. The Labute approximate surface area is 196 Å². The van der Waals surface area contributed by atoms with Crippen LogP contribution in [0.2, 0.25) is 5.02 Å². The van der Waals surface area contributed by atoms with Crippen LogP contribution in [0.25, 0.3) is 22.4 Å². The number of carboxylic acid groups (broad SMARTS) is 1. The van der Waals surface area contributed by atoms with Crippen molar-refractivity contribution in [1.82, 2.24) is 25.3 Å². The van der Waals surface area contributed by atoms with E-state index in [0.717, 1.165) is 48.8 Å². The molecular formula is C23H26ClN7O2. The first-order chi connectivity index (χ1) is 15.9. The Bertz CT molecular complexity index is 1190. The minimum absolute atomic E-state index is 0.416. The molecule has 0 bridgehead atoms. The molecule has 2 fully saturated rings. The molecule has 2 N–H and O–H groups in total. The van der Waals surface area contributed by atoms with Crippen molar-refractivity contribution in [3.8, 4) is 11.3 Å². The number of pyridine rings is 2. The third-order valence-electron chi connectivity index (χ3n) is 6.54. The number of aromatic nitrogens is 4. The van der Waals surface area contributed by atoms with Crippen LogP contribution in [-0.4, -0.2) is 62.9 Å². The lowest BCUT2D eigenvalue weighted by atomic mass is 9.90. The number of hydrogen-bond donors (Lipinski definition) is 2. The van der Waals surface area contributed by atoms with E-state index >= 15 is 0 Å². The highest BCUT2D eigenvalue weighted by Crippen LogP contribution is 2.35. The Morgan fingerprint density at radius 3 is 2.55 bits per heavy atom. The van der Waals surface area contributed by atoms with Gasteiger partial charge in [0.15, 0.2) is 5.65 Å². The van der Waals surface area contributed by atoms with Gasteiger partial charge in [-0.2, -0.15) is 0 Å². The quantitative estimate of drug-likeness (QED) is 0.593. The zero-order valence-corrected chi connectivity index (χ0v) is 19.2. The first-order valence-electron chi connectivity index (χ1n) is 11.2. The van der Waals surface area contributed by atoms with Crippen molar-refractivity contribution in [1.29, 1.82) is 0 Å². The Morgan fingerprint density at radius 1 is 1.06 bits per heavy atom. The number of carbonyl (C=O) groups is 1. The first kappa shape index (κ1) is 21.6. The maximum Gasteiger partial charge on any atom is 0.405 e. The maximum absolute atomic E-state index is 11.0. The summed E-state index contributed by atoms with van der Waals surface area (Å²) in [7, 11) is 0. The molecule has 172 valence electrons. The maximum atomic E-state index is 11.0. The topological polar surface area (TPSA) is 107 Å². The fourth-order valence-electron chi connectivity index (χ4n) is 4.59. The third-order valence-corrected chi connectivity index (χ3v) is 6.92. The van der Waals surface area contributed by atoms with E-state index in [1.165, 1.54) is 0 Å². The Balaban J connectivity index is 1.37. The van der Waals surface area contributed by atoms with Crippen molar-refractivity contribution < 1.29 is 9.90 Å². The zero-order chi connectivity index (χ0) is 23.0. The Hall–Kier alpha value is -3.20. The molecule has 5 heterocycles. The van der Waals surface area contributed by atoms with Crippen LogP contribution in [0, 0.1) is 0 Å². The van der Waals surface area contributed by atoms with Crippen LogP contribution in [0.5, 0.6) is 0 Å². The van der Waals surface area contributed by atoms with Gasteiger partial charge in [-0.15, -0.1) is 0 Å². The second kappa shape index (κ2) is 8.62. The molecule has 1 amide bonds. The van der Waals surface area contributed by atoms with E-state index in [1.54, 1.807) is 12.4 Å². The summed E-state index contributed by atoms with van der Waals surface area (Å²) in [6.45, 7) is 5.29. The number of nitrogens with one attached hydrogen (secondary N) is 1. The summed E-state index contributed by atoms with van der Waals surface area (Å²) in [5, 5.41) is 12.3. The monoisotopic (exact) mass is 467 g/mol. The zero-order valence-electron chi connectivity index (χ0n) is 18.5. The lowest BCUT2D eigenvalue weighted by Gasteiger charge is -2.39. The number of anilines is 2. The van der Waals surface area contributed by atoms with Gasteiger partial charge in [0.05, 0.1) is 16.9 Å². The summed E-state index contributed by atoms with van der Waals surface area (Å²) in [6.07, 6.45) is 6.24. The molecule has 0 aromatic carbocycles. The molecule has 3 aromatic rings. The van der Waals surface area contributed by atoms with Crippen molar-refractivity contribution >= 4 is 40.5 Å². The van der Waals surface area contributed by atoms with Gasteiger partial charge in [-0.05, 0) is 50.8 Å².